The van der Waals surface area contributed by atoms with Gasteiger partial charge in [-0.15, -0.1) is 0 Å². The highest BCUT2D eigenvalue weighted by Crippen LogP contribution is 2.37. The van der Waals surface area contributed by atoms with Crippen LogP contribution in [0.1, 0.15) is 5.56 Å². The van der Waals surface area contributed by atoms with Crippen LogP contribution in [0.25, 0.3) is 6.08 Å². The molecule has 3 aromatic rings. The third-order valence-electron chi connectivity index (χ3n) is 4.88. The minimum absolute atomic E-state index is 0.0901. The van der Waals surface area contributed by atoms with Gasteiger partial charge in [0.1, 0.15) is 17.3 Å². The molecule has 0 radical (unpaired) electrons. The second-order valence-electron chi connectivity index (χ2n) is 7.22. The van der Waals surface area contributed by atoms with Crippen molar-refractivity contribution in [2.24, 2.45) is 0 Å². The zero-order valence-electron chi connectivity index (χ0n) is 18.3. The highest BCUT2D eigenvalue weighted by Gasteiger charge is 2.33. The van der Waals surface area contributed by atoms with Gasteiger partial charge in [-0.05, 0) is 54.1 Å². The summed E-state index contributed by atoms with van der Waals surface area (Å²) in [4.78, 5) is 26.8. The van der Waals surface area contributed by atoms with Crippen LogP contribution in [0.2, 0.25) is 5.02 Å². The summed E-state index contributed by atoms with van der Waals surface area (Å²) in [7, 11) is 1.53. The fourth-order valence-electron chi connectivity index (χ4n) is 3.21. The third kappa shape index (κ3) is 5.82. The smallest absolute Gasteiger partial charge is 0.270 e. The van der Waals surface area contributed by atoms with Crippen LogP contribution in [-0.2, 0) is 9.59 Å². The molecule has 3 aromatic carbocycles. The number of nitrogens with one attached hydrogen (secondary N) is 1. The van der Waals surface area contributed by atoms with Gasteiger partial charge in [-0.3, -0.25) is 14.5 Å². The summed E-state index contributed by atoms with van der Waals surface area (Å²) >= 11 is 12.3. The van der Waals surface area contributed by atoms with E-state index in [1.54, 1.807) is 48.5 Å². The van der Waals surface area contributed by atoms with E-state index in [1.807, 2.05) is 6.07 Å². The standard InChI is InChI=1S/C25H18ClFN2O4S2/c1-32-21-5-3-2-4-20(21)28-23(30)14-33-17-9-6-15(7-10-17)12-22-24(31)29(25(34)35-22)16-8-11-19(27)18(26)13-16/h2-13H,14H2,1H3,(H,28,30)/b22-12+. The fraction of sp³-hybridized carbons (Fsp3) is 0.0800. The van der Waals surface area contributed by atoms with E-state index in [1.165, 1.54) is 30.2 Å². The Morgan fingerprint density at radius 1 is 1.17 bits per heavy atom. The molecule has 1 aliphatic rings. The lowest BCUT2D eigenvalue weighted by Gasteiger charge is -2.14. The first kappa shape index (κ1) is 24.7. The summed E-state index contributed by atoms with van der Waals surface area (Å²) in [6, 6.07) is 18.0. The summed E-state index contributed by atoms with van der Waals surface area (Å²) in [6.45, 7) is -0.184. The number of nitrogens with zero attached hydrogens (tertiary/aromatic N) is 1. The van der Waals surface area contributed by atoms with Gasteiger partial charge in [-0.2, -0.15) is 0 Å². The predicted molar refractivity (Wildman–Crippen MR) is 141 cm³/mol. The summed E-state index contributed by atoms with van der Waals surface area (Å²) in [5.74, 6) is -0.181. The first-order chi connectivity index (χ1) is 16.9. The molecule has 0 atom stereocenters. The molecule has 2 amide bonds. The number of amides is 2. The van der Waals surface area contributed by atoms with Crippen LogP contribution >= 0.6 is 35.6 Å². The molecule has 1 saturated heterocycles. The highest BCUT2D eigenvalue weighted by molar-refractivity contribution is 8.27. The largest absolute Gasteiger partial charge is 0.495 e. The summed E-state index contributed by atoms with van der Waals surface area (Å²) < 4.78 is 24.6. The summed E-state index contributed by atoms with van der Waals surface area (Å²) in [5.41, 5.74) is 1.70. The maximum atomic E-state index is 13.5. The Morgan fingerprint density at radius 2 is 1.91 bits per heavy atom. The van der Waals surface area contributed by atoms with Crippen LogP contribution in [0, 0.1) is 5.82 Å². The lowest BCUT2D eigenvalue weighted by molar-refractivity contribution is -0.118. The molecule has 1 N–H and O–H groups in total. The van der Waals surface area contributed by atoms with Crippen molar-refractivity contribution >= 4 is 69.2 Å². The van der Waals surface area contributed by atoms with Gasteiger partial charge in [0.25, 0.3) is 11.8 Å². The number of methoxy groups -OCH3 is 1. The van der Waals surface area contributed by atoms with E-state index in [2.05, 4.69) is 5.32 Å². The van der Waals surface area contributed by atoms with Crippen molar-refractivity contribution in [1.82, 2.24) is 0 Å². The number of hydrogen-bond acceptors (Lipinski definition) is 6. The van der Waals surface area contributed by atoms with Crippen molar-refractivity contribution in [3.63, 3.8) is 0 Å². The topological polar surface area (TPSA) is 67.9 Å². The van der Waals surface area contributed by atoms with Crippen molar-refractivity contribution in [3.05, 3.63) is 88.0 Å². The average Bonchev–Trinajstić information content (AvgIpc) is 3.13. The minimum Gasteiger partial charge on any atom is -0.495 e. The van der Waals surface area contributed by atoms with Gasteiger partial charge in [0.2, 0.25) is 0 Å². The molecule has 0 aliphatic carbocycles. The molecule has 6 nitrogen and oxygen atoms in total. The van der Waals surface area contributed by atoms with E-state index in [-0.39, 0.29) is 23.4 Å². The molecule has 1 aliphatic heterocycles. The monoisotopic (exact) mass is 528 g/mol. The first-order valence-corrected chi connectivity index (χ1v) is 11.8. The number of ether oxygens (including phenoxy) is 2. The Kier molecular flexibility index (Phi) is 7.70. The number of halogens is 2. The summed E-state index contributed by atoms with van der Waals surface area (Å²) in [5, 5.41) is 2.65. The SMILES string of the molecule is COc1ccccc1NC(=O)COc1ccc(/C=C2/SC(=S)N(c3ccc(F)c(Cl)c3)C2=O)cc1. The number of anilines is 2. The minimum atomic E-state index is -0.573. The Morgan fingerprint density at radius 3 is 2.63 bits per heavy atom. The molecule has 0 aromatic heterocycles. The predicted octanol–water partition coefficient (Wildman–Crippen LogP) is 5.91. The van der Waals surface area contributed by atoms with E-state index in [9.17, 15) is 14.0 Å². The quantitative estimate of drug-likeness (QED) is 0.304. The van der Waals surface area contributed by atoms with Crippen molar-refractivity contribution in [2.75, 3.05) is 23.9 Å². The Hall–Kier alpha value is -3.40. The van der Waals surface area contributed by atoms with Crippen LogP contribution in [0.5, 0.6) is 11.5 Å². The molecule has 178 valence electrons. The fourth-order valence-corrected chi connectivity index (χ4v) is 4.68. The maximum absolute atomic E-state index is 13.5. The summed E-state index contributed by atoms with van der Waals surface area (Å²) in [6.07, 6.45) is 1.70. The van der Waals surface area contributed by atoms with E-state index < -0.39 is 5.82 Å². The number of rotatable bonds is 7. The highest BCUT2D eigenvalue weighted by atomic mass is 35.5. The normalized spacial score (nSPS) is 14.4. The molecule has 4 rings (SSSR count). The Bertz CT molecular complexity index is 1330. The van der Waals surface area contributed by atoms with Gasteiger partial charge < -0.3 is 14.8 Å². The van der Waals surface area contributed by atoms with Crippen molar-refractivity contribution in [2.45, 2.75) is 0 Å². The Balaban J connectivity index is 1.38. The van der Waals surface area contributed by atoms with Crippen LogP contribution in [-0.4, -0.2) is 29.9 Å². The molecule has 1 fully saturated rings. The van der Waals surface area contributed by atoms with Gasteiger partial charge in [0.15, 0.2) is 10.9 Å². The lowest BCUT2D eigenvalue weighted by atomic mass is 10.2. The average molecular weight is 529 g/mol. The van der Waals surface area contributed by atoms with E-state index in [0.717, 1.165) is 17.3 Å². The van der Waals surface area contributed by atoms with Gasteiger partial charge in [-0.1, -0.05) is 59.8 Å². The van der Waals surface area contributed by atoms with Gasteiger partial charge in [-0.25, -0.2) is 4.39 Å². The molecular formula is C25H18ClFN2O4S2. The van der Waals surface area contributed by atoms with E-state index in [4.69, 9.17) is 33.3 Å². The van der Waals surface area contributed by atoms with Crippen LogP contribution in [0.4, 0.5) is 15.8 Å². The number of para-hydroxylation sites is 2. The molecule has 10 heteroatoms. The van der Waals surface area contributed by atoms with Crippen molar-refractivity contribution in [1.29, 1.82) is 0 Å². The molecule has 0 spiro atoms. The zero-order chi connectivity index (χ0) is 24.9. The Labute approximate surface area is 215 Å². The number of carbonyl (C=O) groups excluding carboxylic acids is 2. The molecule has 0 bridgehead atoms. The van der Waals surface area contributed by atoms with Crippen molar-refractivity contribution < 1.29 is 23.5 Å². The van der Waals surface area contributed by atoms with E-state index >= 15 is 0 Å². The molecule has 0 unspecified atom stereocenters. The molecule has 1 heterocycles. The van der Waals surface area contributed by atoms with Crippen LogP contribution in [0.3, 0.4) is 0 Å². The third-order valence-corrected chi connectivity index (χ3v) is 6.48. The number of carbonyl (C=O) groups is 2. The van der Waals surface area contributed by atoms with Gasteiger partial charge >= 0.3 is 0 Å². The number of thioether (sulfide) groups is 1. The zero-order valence-corrected chi connectivity index (χ0v) is 20.7. The first-order valence-electron chi connectivity index (χ1n) is 10.2. The van der Waals surface area contributed by atoms with Gasteiger partial charge in [0, 0.05) is 0 Å². The second-order valence-corrected chi connectivity index (χ2v) is 9.30. The maximum Gasteiger partial charge on any atom is 0.270 e. The molecule has 0 saturated carbocycles. The van der Waals surface area contributed by atoms with Crippen LogP contribution in [0.15, 0.2) is 71.6 Å². The lowest BCUT2D eigenvalue weighted by Crippen LogP contribution is -2.27. The number of hydrogen-bond donors (Lipinski definition) is 1. The number of thiocarbonyl (C=S) groups is 1. The van der Waals surface area contributed by atoms with Gasteiger partial charge in [0.05, 0.1) is 28.4 Å². The van der Waals surface area contributed by atoms with E-state index in [0.29, 0.717) is 32.1 Å². The van der Waals surface area contributed by atoms with Crippen LogP contribution < -0.4 is 19.7 Å². The number of benzene rings is 3. The van der Waals surface area contributed by atoms with Crippen molar-refractivity contribution in [3.8, 4) is 11.5 Å². The second kappa shape index (κ2) is 10.9. The molecular weight excluding hydrogens is 511 g/mol. The molecule has 35 heavy (non-hydrogen) atoms.